The molecule has 12 amide bonds. The second kappa shape index (κ2) is 36.3. The number of carbonyl (C=O) groups excluding carboxylic acids is 12. The number of nitrogens with one attached hydrogen (secondary N) is 4. The fraction of sp³-hybridized carbons (Fsp3) is 0.618. The molecule has 8 atom stereocenters. The third-order valence-electron chi connectivity index (χ3n) is 18.0. The predicted molar refractivity (Wildman–Crippen MR) is 368 cm³/mol. The minimum absolute atomic E-state index is 0.00290. The quantitative estimate of drug-likeness (QED) is 0.0944. The average Bonchev–Trinajstić information content (AvgIpc) is 0.833. The monoisotopic (exact) mass is 1440 g/mol. The number of halogens is 2. The normalized spacial score (nSPS) is 24.2. The molecule has 4 N–H and O–H groups in total. The molecule has 520 valence electrons. The van der Waals surface area contributed by atoms with E-state index in [-0.39, 0.29) is 68.4 Å². The molecule has 4 rings (SSSR count). The van der Waals surface area contributed by atoms with Crippen LogP contribution in [0, 0.1) is 21.3 Å². The minimum Gasteiger partial charge on any atom is -0.342 e. The number of hydrogen-bond acceptors (Lipinski definition) is 14. The first-order chi connectivity index (χ1) is 43.9. The van der Waals surface area contributed by atoms with Crippen LogP contribution in [0.3, 0.4) is 0 Å². The Labute approximate surface area is 574 Å². The lowest BCUT2D eigenvalue weighted by Gasteiger charge is -2.40. The number of benzene rings is 2. The van der Waals surface area contributed by atoms with Gasteiger partial charge in [-0.25, -0.2) is 0 Å². The Balaban J connectivity index is 1.89. The molecule has 0 bridgehead atoms. The fourth-order valence-corrected chi connectivity index (χ4v) is 12.2. The SMILES string of the molecule is C=C(C)C[C@@H]1NC(=O)[C@H](Cc2cccc(I)c2)NC(=O)C(=O)N(C)C(=O)[C@H](Cc2ccc(Cl)cc2)N(C)C(=O)C(=O)N(C)C(=O)C(=O)N(C)C[C@H]([C@@H](C)CC)NC[C@H](CC(C)C)N(C)CC[C@@H](C(=O)N2CCCCC2)N(C)C(=O)[C@H](CC(C)C)NC(=O)C(C)(C)N(C)C1=O. The zero-order valence-electron chi connectivity index (χ0n) is 57.9. The molecule has 2 aliphatic rings. The van der Waals surface area contributed by atoms with Gasteiger partial charge in [-0.15, -0.1) is 6.58 Å². The van der Waals surface area contributed by atoms with Crippen molar-refractivity contribution in [1.82, 2.24) is 60.5 Å². The van der Waals surface area contributed by atoms with Crippen LogP contribution in [0.15, 0.2) is 60.7 Å². The number of nitrogens with zero attached hydrogens (tertiary/aromatic N) is 8. The molecule has 94 heavy (non-hydrogen) atoms. The summed E-state index contributed by atoms with van der Waals surface area (Å²) >= 11 is 8.26. The van der Waals surface area contributed by atoms with E-state index >= 15 is 4.79 Å². The van der Waals surface area contributed by atoms with Gasteiger partial charge in [0.25, 0.3) is 5.91 Å². The highest BCUT2D eigenvalue weighted by Gasteiger charge is 2.44. The lowest BCUT2D eigenvalue weighted by molar-refractivity contribution is -0.162. The van der Waals surface area contributed by atoms with E-state index in [1.807, 2.05) is 34.7 Å². The van der Waals surface area contributed by atoms with Gasteiger partial charge in [0.2, 0.25) is 29.5 Å². The fourth-order valence-electron chi connectivity index (χ4n) is 11.5. The molecule has 0 saturated carbocycles. The summed E-state index contributed by atoms with van der Waals surface area (Å²) in [6.45, 7) is 22.4. The Morgan fingerprint density at radius 3 is 1.85 bits per heavy atom. The van der Waals surface area contributed by atoms with E-state index in [9.17, 15) is 52.7 Å². The number of piperidine rings is 1. The summed E-state index contributed by atoms with van der Waals surface area (Å²) in [5.41, 5.74) is -0.333. The Bertz CT molecular complexity index is 3070. The Kier molecular flexibility index (Phi) is 30.8. The molecule has 2 heterocycles. The van der Waals surface area contributed by atoms with E-state index in [2.05, 4.69) is 69.2 Å². The molecule has 0 aliphatic carbocycles. The molecule has 0 radical (unpaired) electrons. The van der Waals surface area contributed by atoms with E-state index in [1.54, 1.807) is 55.3 Å². The topological polar surface area (TPSA) is 279 Å². The third-order valence-corrected chi connectivity index (χ3v) is 18.9. The zero-order valence-corrected chi connectivity index (χ0v) is 60.9. The van der Waals surface area contributed by atoms with Crippen molar-refractivity contribution in [3.05, 3.63) is 80.4 Å². The molecule has 26 heteroatoms. The Morgan fingerprint density at radius 1 is 0.670 bits per heavy atom. The molecule has 2 fully saturated rings. The Hall–Kier alpha value is -6.84. The van der Waals surface area contributed by atoms with Crippen molar-refractivity contribution in [3.63, 3.8) is 0 Å². The summed E-state index contributed by atoms with van der Waals surface area (Å²) in [5.74, 6) is -12.6. The number of likely N-dealkylation sites (tertiary alicyclic amines) is 1. The highest BCUT2D eigenvalue weighted by Crippen LogP contribution is 2.24. The summed E-state index contributed by atoms with van der Waals surface area (Å²) in [4.78, 5) is 183. The van der Waals surface area contributed by atoms with Crippen LogP contribution in [-0.2, 0) is 70.4 Å². The van der Waals surface area contributed by atoms with E-state index in [0.717, 1.165) is 48.9 Å². The second-order valence-electron chi connectivity index (χ2n) is 26.8. The van der Waals surface area contributed by atoms with Crippen molar-refractivity contribution in [2.75, 3.05) is 82.1 Å². The lowest BCUT2D eigenvalue weighted by Crippen LogP contribution is -2.63. The number of carbonyl (C=O) groups is 12. The van der Waals surface area contributed by atoms with E-state index in [4.69, 9.17) is 11.6 Å². The first-order valence-corrected chi connectivity index (χ1v) is 33.9. The minimum atomic E-state index is -1.71. The molecular weight excluding hydrogens is 1340 g/mol. The van der Waals surface area contributed by atoms with E-state index < -0.39 is 107 Å². The molecule has 0 unspecified atom stereocenters. The first kappa shape index (κ1) is 79.6. The molecule has 2 aromatic carbocycles. The maximum atomic E-state index is 15.1. The van der Waals surface area contributed by atoms with Gasteiger partial charge in [-0.2, -0.15) is 0 Å². The smallest absolute Gasteiger partial charge is 0.318 e. The highest BCUT2D eigenvalue weighted by atomic mass is 127. The molecule has 2 aromatic rings. The summed E-state index contributed by atoms with van der Waals surface area (Å²) < 4.78 is 0.759. The second-order valence-corrected chi connectivity index (χ2v) is 28.5. The van der Waals surface area contributed by atoms with Crippen LogP contribution in [0.5, 0.6) is 0 Å². The van der Waals surface area contributed by atoms with Gasteiger partial charge in [-0.3, -0.25) is 67.3 Å². The lowest BCUT2D eigenvalue weighted by atomic mass is 9.96. The van der Waals surface area contributed by atoms with Crippen LogP contribution in [0.4, 0.5) is 0 Å². The Morgan fingerprint density at radius 2 is 1.28 bits per heavy atom. The maximum Gasteiger partial charge on any atom is 0.318 e. The van der Waals surface area contributed by atoms with Gasteiger partial charge in [-0.1, -0.05) is 89.4 Å². The number of likely N-dealkylation sites (N-methyl/N-ethyl adjacent to an activating group) is 7. The average molecular weight is 1440 g/mol. The highest BCUT2D eigenvalue weighted by molar-refractivity contribution is 14.1. The van der Waals surface area contributed by atoms with Crippen LogP contribution in [0.2, 0.25) is 5.02 Å². The molecule has 2 saturated heterocycles. The van der Waals surface area contributed by atoms with Gasteiger partial charge >= 0.3 is 35.4 Å². The van der Waals surface area contributed by atoms with Crippen molar-refractivity contribution in [1.29, 1.82) is 0 Å². The summed E-state index contributed by atoms with van der Waals surface area (Å²) in [7, 11) is 9.35. The number of imide groups is 2. The molecule has 0 spiro atoms. The first-order valence-electron chi connectivity index (χ1n) is 32.4. The van der Waals surface area contributed by atoms with Crippen LogP contribution >= 0.6 is 34.2 Å². The van der Waals surface area contributed by atoms with Crippen LogP contribution < -0.4 is 21.3 Å². The molecular formula is C68H102ClIN12O12. The van der Waals surface area contributed by atoms with Crippen molar-refractivity contribution in [2.45, 2.75) is 174 Å². The van der Waals surface area contributed by atoms with Crippen molar-refractivity contribution >= 4 is 105 Å². The van der Waals surface area contributed by atoms with E-state index in [1.165, 1.54) is 49.9 Å². The number of amides is 12. The number of rotatable bonds is 13. The third kappa shape index (κ3) is 22.1. The molecule has 2 aliphatic heterocycles. The van der Waals surface area contributed by atoms with Crippen molar-refractivity contribution < 1.29 is 57.5 Å². The standard InChI is InChI=1S/C68H102ClIN12O12/c1-18-44(8)53-40-76(12)63(90)64(91)80(16)66(93)65(92)78(14)55(38-45-25-27-47(69)28-26-45)60(87)79(15)62(89)57(84)72-50(37-46-23-22-24-48(70)36-46)56(83)73-52(35-43(6)7)59(86)81(17)68(9,10)67(94)74-51(34-42(4)5)58(85)77(13)54(61(88)82-30-20-19-21-31-82)29-32-75(11)49(39-71-53)33-41(2)3/h22-28,36,41-42,44,49-55,71H,6,18-21,29-35,37-40H2,1-5,7-17H3,(H,72,84)(H,73,83)(H,74,94)/t44-,49-,50-,51-,52-,53+,54-,55-/m0/s1. The van der Waals surface area contributed by atoms with E-state index in [0.29, 0.717) is 75.4 Å². The van der Waals surface area contributed by atoms with Crippen LogP contribution in [0.25, 0.3) is 0 Å². The van der Waals surface area contributed by atoms with Gasteiger partial charge in [0.1, 0.15) is 35.7 Å². The van der Waals surface area contributed by atoms with Crippen molar-refractivity contribution in [2.24, 2.45) is 17.8 Å². The molecule has 24 nitrogen and oxygen atoms in total. The van der Waals surface area contributed by atoms with Gasteiger partial charge in [0.15, 0.2) is 0 Å². The summed E-state index contributed by atoms with van der Waals surface area (Å²) in [6.07, 6.45) is 3.61. The number of hydrogen-bond donors (Lipinski definition) is 4. The maximum absolute atomic E-state index is 15.1. The predicted octanol–water partition coefficient (Wildman–Crippen LogP) is 4.28. The zero-order chi connectivity index (χ0) is 70.8. The van der Waals surface area contributed by atoms with Gasteiger partial charge in [0, 0.05) is 109 Å². The summed E-state index contributed by atoms with van der Waals surface area (Å²) in [6, 6.07) is 5.65. The largest absolute Gasteiger partial charge is 0.342 e. The van der Waals surface area contributed by atoms with Crippen molar-refractivity contribution in [3.8, 4) is 0 Å². The van der Waals surface area contributed by atoms with Gasteiger partial charge in [-0.05, 0) is 149 Å². The van der Waals surface area contributed by atoms with Crippen LogP contribution in [0.1, 0.15) is 125 Å². The molecule has 0 aromatic heterocycles. The van der Waals surface area contributed by atoms with Gasteiger partial charge in [0.05, 0.1) is 0 Å². The van der Waals surface area contributed by atoms with Gasteiger partial charge < -0.3 is 50.7 Å². The van der Waals surface area contributed by atoms with Crippen LogP contribution in [-0.4, -0.2) is 240 Å². The summed E-state index contributed by atoms with van der Waals surface area (Å²) in [5, 5.41) is 12.1.